The van der Waals surface area contributed by atoms with Crippen molar-refractivity contribution in [1.29, 1.82) is 0 Å². The Morgan fingerprint density at radius 3 is 1.67 bits per heavy atom. The van der Waals surface area contributed by atoms with Gasteiger partial charge in [-0.2, -0.15) is 0 Å². The number of methoxy groups -OCH3 is 2. The molecule has 6 aliphatic rings. The number of H-pyrrole nitrogens is 2. The van der Waals surface area contributed by atoms with Crippen LogP contribution in [0.1, 0.15) is 58.8 Å². The van der Waals surface area contributed by atoms with E-state index in [1.807, 2.05) is 37.3 Å². The van der Waals surface area contributed by atoms with Crippen molar-refractivity contribution in [3.8, 4) is 0 Å². The fourth-order valence-electron chi connectivity index (χ4n) is 9.49. The first-order valence-corrected chi connectivity index (χ1v) is 22.0. The predicted molar refractivity (Wildman–Crippen MR) is 210 cm³/mol. The third-order valence-electron chi connectivity index (χ3n) is 11.4. The number of rotatable bonds is 12. The zero-order valence-corrected chi connectivity index (χ0v) is 32.1. The second-order valence-electron chi connectivity index (χ2n) is 15.6. The van der Waals surface area contributed by atoms with Crippen molar-refractivity contribution in [2.24, 2.45) is 11.1 Å². The van der Waals surface area contributed by atoms with Crippen molar-refractivity contribution in [1.82, 2.24) is 39.0 Å². The number of nitrogens with one attached hydrogen (secondary N) is 2. The van der Waals surface area contributed by atoms with E-state index in [-0.39, 0.29) is 41.0 Å². The number of hydrogen-bond acceptors (Lipinski definition) is 11. The molecule has 6 heterocycles. The van der Waals surface area contributed by atoms with Gasteiger partial charge in [0.1, 0.15) is 22.3 Å². The maximum Gasteiger partial charge on any atom is 0.232 e. The Hall–Kier alpha value is -3.61. The van der Waals surface area contributed by atoms with Gasteiger partial charge in [0.2, 0.25) is 9.05 Å². The molecule has 6 fully saturated rings. The van der Waals surface area contributed by atoms with Crippen molar-refractivity contribution < 1.29 is 26.3 Å². The monoisotopic (exact) mass is 801 g/mol. The molecule has 18 heteroatoms. The predicted octanol–water partition coefficient (Wildman–Crippen LogP) is 4.97. The number of imidazole rings is 2. The summed E-state index contributed by atoms with van der Waals surface area (Å²) in [5.74, 6) is 0.515. The van der Waals surface area contributed by atoms with Crippen LogP contribution in [0.5, 0.6) is 0 Å². The van der Waals surface area contributed by atoms with Crippen LogP contribution in [0.25, 0.3) is 44.1 Å². The molecular formula is C36H48ClN9O6S2. The SMILES string of the molecule is C.COCCCS(=O)(=O)CC12CC(n3cnc4cnc5[nH]ccc5c43)(C1)C2.COCCCS(=O)(=O)Cl.NC12CC(n3cnc4cnc5[nH]ccc5c43)(C1)C2. The Bertz CT molecular complexity index is 2500. The molecule has 6 aromatic heterocycles. The number of hydrogen-bond donors (Lipinski definition) is 3. The second-order valence-corrected chi connectivity index (χ2v) is 20.7. The Labute approximate surface area is 318 Å². The van der Waals surface area contributed by atoms with Crippen molar-refractivity contribution >= 4 is 73.7 Å². The fourth-order valence-corrected chi connectivity index (χ4v) is 12.2. The van der Waals surface area contributed by atoms with Crippen LogP contribution < -0.4 is 5.73 Å². The van der Waals surface area contributed by atoms with Gasteiger partial charge in [0.05, 0.1) is 58.9 Å². The van der Waals surface area contributed by atoms with Gasteiger partial charge < -0.3 is 34.3 Å². The molecule has 0 saturated heterocycles. The number of aromatic nitrogens is 8. The Kier molecular flexibility index (Phi) is 9.91. The smallest absolute Gasteiger partial charge is 0.232 e. The van der Waals surface area contributed by atoms with Gasteiger partial charge in [-0.05, 0) is 68.9 Å². The molecule has 12 rings (SSSR count). The minimum Gasteiger partial charge on any atom is -0.385 e. The van der Waals surface area contributed by atoms with Crippen molar-refractivity contribution in [2.45, 2.75) is 75.4 Å². The number of nitrogens with zero attached hydrogens (tertiary/aromatic N) is 6. The van der Waals surface area contributed by atoms with Gasteiger partial charge in [-0.3, -0.25) is 0 Å². The van der Waals surface area contributed by atoms with Crippen LogP contribution in [0.3, 0.4) is 0 Å². The topological polar surface area (TPSA) is 206 Å². The summed E-state index contributed by atoms with van der Waals surface area (Å²) in [6.45, 7) is 0.934. The van der Waals surface area contributed by atoms with Crippen LogP contribution in [0.4, 0.5) is 0 Å². The quantitative estimate of drug-likeness (QED) is 0.111. The normalized spacial score (nSPS) is 26.4. The van der Waals surface area contributed by atoms with Gasteiger partial charge in [-0.1, -0.05) is 7.43 Å². The van der Waals surface area contributed by atoms with Crippen LogP contribution in [0.15, 0.2) is 49.6 Å². The second kappa shape index (κ2) is 13.8. The summed E-state index contributed by atoms with van der Waals surface area (Å²) in [7, 11) is 1.68. The minimum atomic E-state index is -3.30. The van der Waals surface area contributed by atoms with E-state index in [2.05, 4.69) is 49.8 Å². The molecule has 15 nitrogen and oxygen atoms in total. The summed E-state index contributed by atoms with van der Waals surface area (Å²) in [6, 6.07) is 4.11. The van der Waals surface area contributed by atoms with E-state index in [0.717, 1.165) is 77.1 Å². The van der Waals surface area contributed by atoms with E-state index < -0.39 is 18.9 Å². The van der Waals surface area contributed by atoms with Crippen molar-refractivity contribution in [3.63, 3.8) is 0 Å². The standard InChI is InChI=1S/C18H22N4O3S.C13H13N5.C4H9ClO3S.CH4/c1-25-5-2-6-26(23,24)11-17-8-18(9-17,10-17)22-12-21-14-7-20-16-13(15(14)22)3-4-19-16;14-12-4-13(5-12,6-12)18-7-17-9-3-16-11-8(10(9)18)1-2-15-11;1-8-3-2-4-9(5,6)7;/h3-4,7,12H,2,5-6,8-11H2,1H3,(H,19,20);1-3,7H,4-6,14H2,(H,15,16);2-4H2,1H3;1H4. The molecule has 0 radical (unpaired) electrons. The number of halogens is 1. The number of ether oxygens (including phenoxy) is 2. The van der Waals surface area contributed by atoms with Crippen LogP contribution >= 0.6 is 10.7 Å². The molecule has 4 bridgehead atoms. The summed E-state index contributed by atoms with van der Waals surface area (Å²) in [5, 5.41) is 2.23. The highest BCUT2D eigenvalue weighted by Crippen LogP contribution is 2.72. The van der Waals surface area contributed by atoms with Crippen molar-refractivity contribution in [2.75, 3.05) is 44.7 Å². The number of fused-ring (bicyclic) bond motifs is 6. The van der Waals surface area contributed by atoms with Crippen molar-refractivity contribution in [3.05, 3.63) is 49.6 Å². The van der Waals surface area contributed by atoms with Gasteiger partial charge in [0, 0.05) is 72.4 Å². The van der Waals surface area contributed by atoms with Crippen LogP contribution in [-0.4, -0.2) is 106 Å². The maximum absolute atomic E-state index is 12.4. The van der Waals surface area contributed by atoms with E-state index in [1.165, 1.54) is 12.6 Å². The van der Waals surface area contributed by atoms with Gasteiger partial charge in [-0.25, -0.2) is 36.8 Å². The fraction of sp³-hybridized carbons (Fsp3) is 0.556. The van der Waals surface area contributed by atoms with Gasteiger partial charge in [0.15, 0.2) is 9.84 Å². The molecule has 6 saturated carbocycles. The highest BCUT2D eigenvalue weighted by molar-refractivity contribution is 8.13. The molecule has 54 heavy (non-hydrogen) atoms. The van der Waals surface area contributed by atoms with Crippen LogP contribution in [-0.2, 0) is 39.4 Å². The Balaban J connectivity index is 0.000000140. The van der Waals surface area contributed by atoms with E-state index >= 15 is 0 Å². The molecule has 0 unspecified atom stereocenters. The molecular weight excluding hydrogens is 754 g/mol. The van der Waals surface area contributed by atoms with Gasteiger partial charge in [0.25, 0.3) is 0 Å². The summed E-state index contributed by atoms with van der Waals surface area (Å²) >= 11 is 0. The molecule has 0 aliphatic heterocycles. The first kappa shape index (κ1) is 38.7. The highest BCUT2D eigenvalue weighted by Gasteiger charge is 2.70. The third kappa shape index (κ3) is 6.80. The van der Waals surface area contributed by atoms with Gasteiger partial charge in [-0.15, -0.1) is 0 Å². The zero-order chi connectivity index (χ0) is 37.3. The van der Waals surface area contributed by atoms with E-state index in [0.29, 0.717) is 31.8 Å². The summed E-state index contributed by atoms with van der Waals surface area (Å²) < 4.78 is 59.4. The lowest BCUT2D eigenvalue weighted by Crippen LogP contribution is -2.76. The largest absolute Gasteiger partial charge is 0.385 e. The number of pyridine rings is 2. The summed E-state index contributed by atoms with van der Waals surface area (Å²) in [4.78, 5) is 24.1. The lowest BCUT2D eigenvalue weighted by molar-refractivity contribution is -0.168. The summed E-state index contributed by atoms with van der Waals surface area (Å²) in [5.41, 5.74) is 12.5. The molecule has 0 aromatic carbocycles. The number of sulfone groups is 1. The molecule has 0 spiro atoms. The lowest BCUT2D eigenvalue weighted by atomic mass is 9.40. The lowest BCUT2D eigenvalue weighted by Gasteiger charge is -2.71. The molecule has 0 amide bonds. The van der Waals surface area contributed by atoms with E-state index in [4.69, 9.17) is 21.2 Å². The Morgan fingerprint density at radius 2 is 1.22 bits per heavy atom. The van der Waals surface area contributed by atoms with Crippen LogP contribution in [0, 0.1) is 5.41 Å². The minimum absolute atomic E-state index is 0. The zero-order valence-electron chi connectivity index (χ0n) is 29.7. The summed E-state index contributed by atoms with van der Waals surface area (Å²) in [6.07, 6.45) is 18.4. The average Bonchev–Trinajstić information content (AvgIpc) is 3.85. The van der Waals surface area contributed by atoms with Gasteiger partial charge >= 0.3 is 0 Å². The number of aromatic amines is 2. The van der Waals surface area contributed by atoms with E-state index in [1.54, 1.807) is 13.3 Å². The van der Waals surface area contributed by atoms with E-state index in [9.17, 15) is 16.8 Å². The molecule has 6 aliphatic carbocycles. The molecule has 0 atom stereocenters. The van der Waals surface area contributed by atoms with Crippen LogP contribution in [0.2, 0.25) is 0 Å². The first-order chi connectivity index (χ1) is 25.2. The maximum atomic E-state index is 12.4. The molecule has 4 N–H and O–H groups in total. The third-order valence-corrected chi connectivity index (χ3v) is 14.6. The average molecular weight is 802 g/mol. The first-order valence-electron chi connectivity index (χ1n) is 17.7. The molecule has 292 valence electrons. The highest BCUT2D eigenvalue weighted by atomic mass is 35.7. The Morgan fingerprint density at radius 1 is 0.759 bits per heavy atom. The molecule has 6 aromatic rings. The number of nitrogens with two attached hydrogens (primary N) is 1.